The van der Waals surface area contributed by atoms with Gasteiger partial charge in [-0.25, -0.2) is 8.42 Å². The first-order valence-corrected chi connectivity index (χ1v) is 7.31. The van der Waals surface area contributed by atoms with Crippen LogP contribution in [0.5, 0.6) is 0 Å². The summed E-state index contributed by atoms with van der Waals surface area (Å²) < 4.78 is 26.1. The zero-order valence-corrected chi connectivity index (χ0v) is 12.5. The van der Waals surface area contributed by atoms with E-state index in [1.807, 2.05) is 0 Å². The molecule has 1 rings (SSSR count). The number of halogens is 1. The Hall–Kier alpha value is -0.620. The first-order valence-electron chi connectivity index (χ1n) is 5.49. The zero-order valence-electron chi connectivity index (χ0n) is 10.9. The number of hydrogen-bond donors (Lipinski definition) is 1. The molecule has 0 bridgehead atoms. The molecular weight excluding hydrogens is 274 g/mol. The van der Waals surface area contributed by atoms with Crippen LogP contribution in [0.3, 0.4) is 0 Å². The van der Waals surface area contributed by atoms with Gasteiger partial charge in [0.05, 0.1) is 17.0 Å². The Bertz CT molecular complexity index is 540. The summed E-state index contributed by atoms with van der Waals surface area (Å²) in [6, 6.07) is 4.63. The standard InChI is InChI=1S/C12H18ClNO3S/c1-9-7-10(13)5-6-11(9)18(16,17)14(4)12(2,3)8-15/h5-7,15H,8H2,1-4H3. The van der Waals surface area contributed by atoms with Crippen molar-refractivity contribution in [2.45, 2.75) is 31.2 Å². The normalized spacial score (nSPS) is 13.1. The Balaban J connectivity index is 3.30. The van der Waals surface area contributed by atoms with E-state index >= 15 is 0 Å². The molecule has 0 heterocycles. The van der Waals surface area contributed by atoms with Crippen LogP contribution < -0.4 is 0 Å². The average molecular weight is 292 g/mol. The molecule has 0 atom stereocenters. The van der Waals surface area contributed by atoms with E-state index in [9.17, 15) is 13.5 Å². The van der Waals surface area contributed by atoms with Gasteiger partial charge in [0.2, 0.25) is 10.0 Å². The van der Waals surface area contributed by atoms with Crippen LogP contribution in [0.2, 0.25) is 5.02 Å². The fourth-order valence-corrected chi connectivity index (χ4v) is 3.41. The summed E-state index contributed by atoms with van der Waals surface area (Å²) in [5, 5.41) is 9.76. The van der Waals surface area contributed by atoms with Crippen molar-refractivity contribution in [3.05, 3.63) is 28.8 Å². The number of benzene rings is 1. The summed E-state index contributed by atoms with van der Waals surface area (Å²) in [4.78, 5) is 0.205. The number of likely N-dealkylation sites (N-methyl/N-ethyl adjacent to an activating group) is 1. The summed E-state index contributed by atoms with van der Waals surface area (Å²) in [6.45, 7) is 4.76. The minimum Gasteiger partial charge on any atom is -0.394 e. The van der Waals surface area contributed by atoms with Gasteiger partial charge in [-0.2, -0.15) is 4.31 Å². The highest BCUT2D eigenvalue weighted by atomic mass is 35.5. The first-order chi connectivity index (χ1) is 8.13. The van der Waals surface area contributed by atoms with Gasteiger partial charge in [-0.15, -0.1) is 0 Å². The third-order valence-corrected chi connectivity index (χ3v) is 5.48. The molecule has 1 aromatic carbocycles. The fourth-order valence-electron chi connectivity index (χ4n) is 1.47. The van der Waals surface area contributed by atoms with Gasteiger partial charge in [-0.1, -0.05) is 11.6 Å². The third kappa shape index (κ3) is 2.85. The summed E-state index contributed by atoms with van der Waals surface area (Å²) in [7, 11) is -2.18. The molecule has 0 spiro atoms. The molecule has 0 aromatic heterocycles. The van der Waals surface area contributed by atoms with Crippen LogP contribution in [0.1, 0.15) is 19.4 Å². The molecule has 0 amide bonds. The molecule has 0 aliphatic carbocycles. The lowest BCUT2D eigenvalue weighted by atomic mass is 10.1. The van der Waals surface area contributed by atoms with Gasteiger partial charge in [-0.05, 0) is 44.5 Å². The number of hydrogen-bond acceptors (Lipinski definition) is 3. The second-order valence-corrected chi connectivity index (χ2v) is 7.23. The summed E-state index contributed by atoms with van der Waals surface area (Å²) in [5.74, 6) is 0. The highest BCUT2D eigenvalue weighted by Crippen LogP contribution is 2.26. The maximum Gasteiger partial charge on any atom is 0.243 e. The molecule has 4 nitrogen and oxygen atoms in total. The molecule has 0 saturated carbocycles. The number of rotatable bonds is 4. The van der Waals surface area contributed by atoms with Crippen LogP contribution in [0.15, 0.2) is 23.1 Å². The monoisotopic (exact) mass is 291 g/mol. The maximum absolute atomic E-state index is 12.4. The van der Waals surface area contributed by atoms with E-state index in [1.54, 1.807) is 32.9 Å². The Kier molecular flexibility index (Phi) is 4.43. The summed E-state index contributed by atoms with van der Waals surface area (Å²) in [6.07, 6.45) is 0. The van der Waals surface area contributed by atoms with Crippen molar-refractivity contribution in [3.8, 4) is 0 Å². The Labute approximate surface area is 113 Å². The van der Waals surface area contributed by atoms with Crippen molar-refractivity contribution in [1.29, 1.82) is 0 Å². The van der Waals surface area contributed by atoms with Crippen molar-refractivity contribution in [2.75, 3.05) is 13.7 Å². The minimum absolute atomic E-state index is 0.205. The lowest BCUT2D eigenvalue weighted by Gasteiger charge is -2.33. The van der Waals surface area contributed by atoms with Crippen molar-refractivity contribution in [1.82, 2.24) is 4.31 Å². The van der Waals surface area contributed by atoms with Gasteiger partial charge in [0, 0.05) is 12.1 Å². The molecular formula is C12H18ClNO3S. The zero-order chi connectivity index (χ0) is 14.1. The predicted molar refractivity (Wildman–Crippen MR) is 72.3 cm³/mol. The van der Waals surface area contributed by atoms with Gasteiger partial charge in [0.15, 0.2) is 0 Å². The van der Waals surface area contributed by atoms with Crippen molar-refractivity contribution in [3.63, 3.8) is 0 Å². The maximum atomic E-state index is 12.4. The number of nitrogens with zero attached hydrogens (tertiary/aromatic N) is 1. The van der Waals surface area contributed by atoms with Crippen molar-refractivity contribution >= 4 is 21.6 Å². The number of aliphatic hydroxyl groups excluding tert-OH is 1. The topological polar surface area (TPSA) is 57.6 Å². The van der Waals surface area contributed by atoms with Crippen LogP contribution in [0.25, 0.3) is 0 Å². The van der Waals surface area contributed by atoms with E-state index in [4.69, 9.17) is 11.6 Å². The van der Waals surface area contributed by atoms with E-state index in [2.05, 4.69) is 0 Å². The summed E-state index contributed by atoms with van der Waals surface area (Å²) in [5.41, 5.74) is -0.270. The van der Waals surface area contributed by atoms with E-state index in [-0.39, 0.29) is 11.5 Å². The van der Waals surface area contributed by atoms with Crippen LogP contribution in [-0.4, -0.2) is 37.0 Å². The Morgan fingerprint density at radius 2 is 1.94 bits per heavy atom. The van der Waals surface area contributed by atoms with Crippen molar-refractivity contribution < 1.29 is 13.5 Å². The number of aliphatic hydroxyl groups is 1. The highest BCUT2D eigenvalue weighted by Gasteiger charge is 2.34. The quantitative estimate of drug-likeness (QED) is 0.923. The molecule has 0 saturated heterocycles. The Morgan fingerprint density at radius 1 is 1.39 bits per heavy atom. The molecule has 18 heavy (non-hydrogen) atoms. The molecule has 6 heteroatoms. The van der Waals surface area contributed by atoms with Gasteiger partial charge >= 0.3 is 0 Å². The predicted octanol–water partition coefficient (Wildman–Crippen LogP) is 2.04. The average Bonchev–Trinajstić information content (AvgIpc) is 2.27. The van der Waals surface area contributed by atoms with E-state index in [0.717, 1.165) is 0 Å². The van der Waals surface area contributed by atoms with E-state index in [1.165, 1.54) is 17.4 Å². The molecule has 1 aromatic rings. The second kappa shape index (κ2) is 5.17. The van der Waals surface area contributed by atoms with Gasteiger partial charge < -0.3 is 5.11 Å². The van der Waals surface area contributed by atoms with E-state index in [0.29, 0.717) is 10.6 Å². The fraction of sp³-hybridized carbons (Fsp3) is 0.500. The van der Waals surface area contributed by atoms with Gasteiger partial charge in [0.1, 0.15) is 0 Å². The largest absolute Gasteiger partial charge is 0.394 e. The minimum atomic E-state index is -3.64. The van der Waals surface area contributed by atoms with Crippen LogP contribution in [0.4, 0.5) is 0 Å². The van der Waals surface area contributed by atoms with Crippen LogP contribution in [0, 0.1) is 6.92 Å². The lowest BCUT2D eigenvalue weighted by molar-refractivity contribution is 0.138. The summed E-state index contributed by atoms with van der Waals surface area (Å²) >= 11 is 5.82. The molecule has 0 aliphatic heterocycles. The van der Waals surface area contributed by atoms with E-state index < -0.39 is 15.6 Å². The number of sulfonamides is 1. The van der Waals surface area contributed by atoms with Crippen molar-refractivity contribution in [2.24, 2.45) is 0 Å². The Morgan fingerprint density at radius 3 is 2.39 bits per heavy atom. The van der Waals surface area contributed by atoms with Crippen LogP contribution >= 0.6 is 11.6 Å². The molecule has 0 aliphatic rings. The first kappa shape index (κ1) is 15.4. The van der Waals surface area contributed by atoms with Gasteiger partial charge in [0.25, 0.3) is 0 Å². The molecule has 1 N–H and O–H groups in total. The van der Waals surface area contributed by atoms with Crippen LogP contribution in [-0.2, 0) is 10.0 Å². The number of aryl methyl sites for hydroxylation is 1. The second-order valence-electron chi connectivity index (χ2n) is 4.85. The molecule has 102 valence electrons. The third-order valence-electron chi connectivity index (χ3n) is 3.01. The molecule has 0 unspecified atom stereocenters. The molecule has 0 fully saturated rings. The highest BCUT2D eigenvalue weighted by molar-refractivity contribution is 7.89. The SMILES string of the molecule is Cc1cc(Cl)ccc1S(=O)(=O)N(C)C(C)(C)CO. The lowest BCUT2D eigenvalue weighted by Crippen LogP contribution is -2.47. The smallest absolute Gasteiger partial charge is 0.243 e. The molecule has 0 radical (unpaired) electrons. The van der Waals surface area contributed by atoms with Gasteiger partial charge in [-0.3, -0.25) is 0 Å².